The van der Waals surface area contributed by atoms with Gasteiger partial charge in [-0.2, -0.15) is 0 Å². The van der Waals surface area contributed by atoms with Crippen molar-refractivity contribution in [2.45, 2.75) is 6.17 Å². The Balaban J connectivity index is 1.22. The molecule has 1 atom stereocenters. The third-order valence-corrected chi connectivity index (χ3v) is 11.6. The molecular weight excluding hydrogens is 683 g/mol. The van der Waals surface area contributed by atoms with E-state index < -0.39 is 6.17 Å². The van der Waals surface area contributed by atoms with Crippen molar-refractivity contribution in [1.29, 1.82) is 0 Å². The predicted octanol–water partition coefficient (Wildman–Crippen LogP) is 13.6. The monoisotopic (exact) mass is 715 g/mol. The fourth-order valence-electron chi connectivity index (χ4n) is 9.17. The first-order valence-electron chi connectivity index (χ1n) is 19.2. The second kappa shape index (κ2) is 12.0. The Morgan fingerprint density at radius 3 is 1.61 bits per heavy atom. The number of hydrogen-bond donors (Lipinski definition) is 1. The fraction of sp³-hybridized carbons (Fsp3) is 0.0192. The second-order valence-electron chi connectivity index (χ2n) is 14.7. The van der Waals surface area contributed by atoms with Gasteiger partial charge in [-0.25, -0.2) is 0 Å². The van der Waals surface area contributed by atoms with Crippen molar-refractivity contribution in [2.75, 3.05) is 5.32 Å². The number of nitrogens with zero attached hydrogens (tertiary/aromatic N) is 2. The molecule has 4 heteroatoms. The molecule has 1 aliphatic rings. The molecule has 11 aromatic rings. The number of fused-ring (bicyclic) bond motifs is 12. The highest BCUT2D eigenvalue weighted by Crippen LogP contribution is 2.47. The molecule has 1 aliphatic heterocycles. The summed E-state index contributed by atoms with van der Waals surface area (Å²) in [7, 11) is 0. The van der Waals surface area contributed by atoms with E-state index in [1.807, 2.05) is 0 Å². The largest absolute Gasteiger partial charge is 0.452 e. The van der Waals surface area contributed by atoms with Gasteiger partial charge in [-0.15, -0.1) is 0 Å². The zero-order valence-electron chi connectivity index (χ0n) is 30.3. The number of hydrogen-bond acceptors (Lipinski definition) is 3. The number of nitrogens with one attached hydrogen (secondary N) is 1. The Labute approximate surface area is 322 Å². The molecule has 3 heterocycles. The molecule has 0 saturated heterocycles. The van der Waals surface area contributed by atoms with E-state index in [1.54, 1.807) is 0 Å². The molecule has 0 saturated carbocycles. The molecule has 2 aromatic heterocycles. The molecule has 56 heavy (non-hydrogen) atoms. The van der Waals surface area contributed by atoms with Gasteiger partial charge in [0.15, 0.2) is 5.76 Å². The average Bonchev–Trinajstić information content (AvgIpc) is 3.82. The number of benzene rings is 9. The van der Waals surface area contributed by atoms with E-state index in [0.717, 1.165) is 67.1 Å². The van der Waals surface area contributed by atoms with Crippen LogP contribution in [0.25, 0.3) is 81.9 Å². The fourth-order valence-corrected chi connectivity index (χ4v) is 9.17. The van der Waals surface area contributed by atoms with Gasteiger partial charge in [0.1, 0.15) is 17.5 Å². The minimum atomic E-state index is -0.452. The maximum Gasteiger partial charge on any atom is 0.177 e. The number of furan rings is 1. The smallest absolute Gasteiger partial charge is 0.177 e. The summed E-state index contributed by atoms with van der Waals surface area (Å²) in [5.41, 5.74) is 10.4. The molecule has 1 N–H and O–H groups in total. The van der Waals surface area contributed by atoms with Crippen molar-refractivity contribution in [3.05, 3.63) is 205 Å². The van der Waals surface area contributed by atoms with Crippen LogP contribution in [0.3, 0.4) is 0 Å². The first-order valence-corrected chi connectivity index (χ1v) is 19.2. The topological polar surface area (TPSA) is 42.5 Å². The summed E-state index contributed by atoms with van der Waals surface area (Å²) in [5, 5.41) is 14.9. The van der Waals surface area contributed by atoms with Gasteiger partial charge in [0, 0.05) is 21.9 Å². The average molecular weight is 716 g/mol. The van der Waals surface area contributed by atoms with E-state index in [4.69, 9.17) is 9.41 Å². The number of anilines is 1. The van der Waals surface area contributed by atoms with Crippen molar-refractivity contribution in [2.24, 2.45) is 4.99 Å². The molecule has 0 bridgehead atoms. The quantitative estimate of drug-likeness (QED) is 0.184. The Bertz CT molecular complexity index is 3340. The van der Waals surface area contributed by atoms with Crippen LogP contribution in [0, 0.1) is 0 Å². The normalized spacial score (nSPS) is 14.1. The first-order chi connectivity index (χ1) is 27.8. The molecule has 9 aromatic carbocycles. The maximum absolute atomic E-state index is 6.80. The maximum atomic E-state index is 6.80. The predicted molar refractivity (Wildman–Crippen MR) is 233 cm³/mol. The van der Waals surface area contributed by atoms with Gasteiger partial charge in [0.05, 0.1) is 27.8 Å². The molecule has 4 nitrogen and oxygen atoms in total. The van der Waals surface area contributed by atoms with Crippen molar-refractivity contribution < 1.29 is 4.42 Å². The molecule has 12 rings (SSSR count). The van der Waals surface area contributed by atoms with Crippen molar-refractivity contribution in [3.8, 4) is 16.8 Å². The number of aliphatic imine (C=N–C) groups is 1. The SMILES string of the molecule is c1ccc(C2=NC(c3cc4c5ccccc5c5ccccc5c4cc3-n3c4ccccc4c4ccccc43)Nc3c2oc2cccc(-c4ccccc4)c32)cc1. The Morgan fingerprint density at radius 2 is 0.982 bits per heavy atom. The van der Waals surface area contributed by atoms with Gasteiger partial charge in [0.2, 0.25) is 0 Å². The summed E-state index contributed by atoms with van der Waals surface area (Å²) in [6.07, 6.45) is -0.452. The molecule has 0 spiro atoms. The highest BCUT2D eigenvalue weighted by molar-refractivity contribution is 6.26. The van der Waals surface area contributed by atoms with Crippen LogP contribution >= 0.6 is 0 Å². The number of aromatic nitrogens is 1. The molecule has 262 valence electrons. The first kappa shape index (κ1) is 31.0. The van der Waals surface area contributed by atoms with Crippen LogP contribution in [0.2, 0.25) is 0 Å². The molecule has 0 fully saturated rings. The molecule has 1 unspecified atom stereocenters. The summed E-state index contributed by atoms with van der Waals surface area (Å²) >= 11 is 0. The Kier molecular flexibility index (Phi) is 6.66. The van der Waals surface area contributed by atoms with Crippen LogP contribution in [0.5, 0.6) is 0 Å². The highest BCUT2D eigenvalue weighted by Gasteiger charge is 2.32. The lowest BCUT2D eigenvalue weighted by molar-refractivity contribution is 0.599. The van der Waals surface area contributed by atoms with Crippen LogP contribution < -0.4 is 5.32 Å². The summed E-state index contributed by atoms with van der Waals surface area (Å²) in [4.78, 5) is 5.64. The van der Waals surface area contributed by atoms with E-state index in [1.165, 1.54) is 43.1 Å². The van der Waals surface area contributed by atoms with Gasteiger partial charge < -0.3 is 14.3 Å². The minimum absolute atomic E-state index is 0.452. The van der Waals surface area contributed by atoms with Gasteiger partial charge in [0.25, 0.3) is 0 Å². The van der Waals surface area contributed by atoms with Crippen molar-refractivity contribution >= 4 is 76.5 Å². The standard InChI is InChI=1S/C52H33N3O/c1-3-16-32(17-4-1)34-26-15-29-47-48(34)50-51(56-47)49(33-18-5-2-6-19-33)53-52(54-50)43-30-41-37-22-9-7-20-35(37)36-21-8-10-23-38(36)42(41)31-46(43)55-44-27-13-11-24-39(44)40-25-12-14-28-45(40)55/h1-31,52,54H. The van der Waals surface area contributed by atoms with Gasteiger partial charge >= 0.3 is 0 Å². The summed E-state index contributed by atoms with van der Waals surface area (Å²) in [6.45, 7) is 0. The molecule has 0 radical (unpaired) electrons. The van der Waals surface area contributed by atoms with Gasteiger partial charge in [-0.05, 0) is 73.8 Å². The number of rotatable bonds is 4. The summed E-state index contributed by atoms with van der Waals surface area (Å²) < 4.78 is 9.24. The lowest BCUT2D eigenvalue weighted by atomic mass is 9.91. The van der Waals surface area contributed by atoms with Crippen LogP contribution in [-0.4, -0.2) is 10.3 Å². The van der Waals surface area contributed by atoms with E-state index in [9.17, 15) is 0 Å². The molecule has 0 amide bonds. The Hall–Kier alpha value is -7.43. The van der Waals surface area contributed by atoms with Crippen LogP contribution in [0.1, 0.15) is 23.1 Å². The lowest BCUT2D eigenvalue weighted by Gasteiger charge is -2.27. The summed E-state index contributed by atoms with van der Waals surface area (Å²) in [5.74, 6) is 0.751. The molecule has 0 aliphatic carbocycles. The second-order valence-corrected chi connectivity index (χ2v) is 14.7. The van der Waals surface area contributed by atoms with E-state index >= 15 is 0 Å². The van der Waals surface area contributed by atoms with E-state index in [0.29, 0.717) is 0 Å². The third kappa shape index (κ3) is 4.50. The zero-order chi connectivity index (χ0) is 36.7. The van der Waals surface area contributed by atoms with Crippen LogP contribution in [0.15, 0.2) is 197 Å². The van der Waals surface area contributed by atoms with Gasteiger partial charge in [-0.1, -0.05) is 158 Å². The molecular formula is C52H33N3O. The Morgan fingerprint density at radius 1 is 0.464 bits per heavy atom. The van der Waals surface area contributed by atoms with Crippen LogP contribution in [0.4, 0.5) is 5.69 Å². The van der Waals surface area contributed by atoms with Gasteiger partial charge in [-0.3, -0.25) is 4.99 Å². The highest BCUT2D eigenvalue weighted by atomic mass is 16.3. The van der Waals surface area contributed by atoms with Crippen LogP contribution in [-0.2, 0) is 0 Å². The van der Waals surface area contributed by atoms with Crippen molar-refractivity contribution in [3.63, 3.8) is 0 Å². The lowest BCUT2D eigenvalue weighted by Crippen LogP contribution is -2.21. The number of para-hydroxylation sites is 2. The van der Waals surface area contributed by atoms with Crippen molar-refractivity contribution in [1.82, 2.24) is 4.57 Å². The third-order valence-electron chi connectivity index (χ3n) is 11.6. The minimum Gasteiger partial charge on any atom is -0.452 e. The van der Waals surface area contributed by atoms with E-state index in [2.05, 4.69) is 198 Å². The van der Waals surface area contributed by atoms with E-state index in [-0.39, 0.29) is 0 Å². The summed E-state index contributed by atoms with van der Waals surface area (Å²) in [6, 6.07) is 67.3. The zero-order valence-corrected chi connectivity index (χ0v) is 30.3.